The Morgan fingerprint density at radius 2 is 1.96 bits per heavy atom. The molecular formula is C22H19FN2O3. The summed E-state index contributed by atoms with van der Waals surface area (Å²) in [4.78, 5) is 12.8. The molecule has 2 heterocycles. The molecule has 4 rings (SSSR count). The first-order chi connectivity index (χ1) is 13.6. The summed E-state index contributed by atoms with van der Waals surface area (Å²) < 4.78 is 24.6. The van der Waals surface area contributed by atoms with Crippen molar-refractivity contribution in [2.75, 3.05) is 6.61 Å². The van der Waals surface area contributed by atoms with E-state index in [1.54, 1.807) is 24.5 Å². The number of hydrazone groups is 1. The first kappa shape index (κ1) is 18.0. The van der Waals surface area contributed by atoms with Crippen molar-refractivity contribution in [1.29, 1.82) is 0 Å². The maximum atomic E-state index is 13.7. The van der Waals surface area contributed by atoms with Crippen molar-refractivity contribution < 1.29 is 18.3 Å². The first-order valence-electron chi connectivity index (χ1n) is 8.99. The summed E-state index contributed by atoms with van der Waals surface area (Å²) >= 11 is 0. The maximum absolute atomic E-state index is 13.7. The van der Waals surface area contributed by atoms with E-state index in [-0.39, 0.29) is 24.3 Å². The molecule has 1 amide bonds. The summed E-state index contributed by atoms with van der Waals surface area (Å²) in [5.41, 5.74) is 2.89. The molecule has 2 aromatic carbocycles. The van der Waals surface area contributed by atoms with Crippen LogP contribution in [0.4, 0.5) is 4.39 Å². The zero-order chi connectivity index (χ0) is 19.5. The van der Waals surface area contributed by atoms with Crippen LogP contribution < -0.4 is 4.74 Å². The number of carbonyl (C=O) groups excluding carboxylic acids is 1. The monoisotopic (exact) mass is 378 g/mol. The Bertz CT molecular complexity index is 997. The predicted molar refractivity (Wildman–Crippen MR) is 103 cm³/mol. The lowest BCUT2D eigenvalue weighted by Crippen LogP contribution is -2.31. The Labute approximate surface area is 162 Å². The molecule has 1 atom stereocenters. The van der Waals surface area contributed by atoms with Crippen molar-refractivity contribution in [3.63, 3.8) is 0 Å². The van der Waals surface area contributed by atoms with Crippen LogP contribution in [-0.2, 0) is 4.79 Å². The van der Waals surface area contributed by atoms with Crippen LogP contribution in [0.2, 0.25) is 0 Å². The summed E-state index contributed by atoms with van der Waals surface area (Å²) in [7, 11) is 0. The van der Waals surface area contributed by atoms with Crippen LogP contribution in [0.25, 0.3) is 0 Å². The van der Waals surface area contributed by atoms with Gasteiger partial charge in [0.25, 0.3) is 5.91 Å². The predicted octanol–water partition coefficient (Wildman–Crippen LogP) is 4.48. The van der Waals surface area contributed by atoms with Crippen LogP contribution in [-0.4, -0.2) is 23.2 Å². The van der Waals surface area contributed by atoms with Gasteiger partial charge in [-0.2, -0.15) is 5.10 Å². The van der Waals surface area contributed by atoms with Crippen LogP contribution in [0.1, 0.15) is 29.3 Å². The summed E-state index contributed by atoms with van der Waals surface area (Å²) in [5, 5.41) is 5.90. The van der Waals surface area contributed by atoms with Crippen molar-refractivity contribution >= 4 is 11.6 Å². The van der Waals surface area contributed by atoms with E-state index in [0.29, 0.717) is 12.2 Å². The Morgan fingerprint density at radius 3 is 2.68 bits per heavy atom. The quantitative estimate of drug-likeness (QED) is 0.658. The van der Waals surface area contributed by atoms with E-state index in [4.69, 9.17) is 9.15 Å². The fraction of sp³-hybridized carbons (Fsp3) is 0.182. The van der Waals surface area contributed by atoms with Gasteiger partial charge in [0.15, 0.2) is 18.2 Å². The van der Waals surface area contributed by atoms with E-state index in [9.17, 15) is 9.18 Å². The third kappa shape index (κ3) is 3.67. The molecule has 0 aliphatic carbocycles. The van der Waals surface area contributed by atoms with Gasteiger partial charge in [0, 0.05) is 6.42 Å². The van der Waals surface area contributed by atoms with E-state index >= 15 is 0 Å². The van der Waals surface area contributed by atoms with Gasteiger partial charge in [-0.15, -0.1) is 0 Å². The normalized spacial score (nSPS) is 16.1. The van der Waals surface area contributed by atoms with Crippen LogP contribution in [0.15, 0.2) is 76.4 Å². The van der Waals surface area contributed by atoms with Gasteiger partial charge in [0.1, 0.15) is 11.8 Å². The summed E-state index contributed by atoms with van der Waals surface area (Å²) in [6, 6.07) is 17.2. The number of furan rings is 1. The lowest BCUT2D eigenvalue weighted by atomic mass is 10.0. The lowest BCUT2D eigenvalue weighted by molar-refractivity contribution is -0.135. The number of hydrogen-bond donors (Lipinski definition) is 0. The van der Waals surface area contributed by atoms with Crippen molar-refractivity contribution in [2.24, 2.45) is 5.10 Å². The second-order valence-electron chi connectivity index (χ2n) is 6.61. The van der Waals surface area contributed by atoms with E-state index in [1.807, 2.05) is 37.3 Å². The van der Waals surface area contributed by atoms with Gasteiger partial charge in [-0.25, -0.2) is 9.40 Å². The number of hydrogen-bond acceptors (Lipinski definition) is 4. The van der Waals surface area contributed by atoms with E-state index < -0.39 is 5.82 Å². The van der Waals surface area contributed by atoms with Gasteiger partial charge in [-0.05, 0) is 36.8 Å². The number of benzene rings is 2. The van der Waals surface area contributed by atoms with Crippen molar-refractivity contribution in [3.05, 3.63) is 89.6 Å². The average Bonchev–Trinajstić information content (AvgIpc) is 3.37. The molecule has 142 valence electrons. The molecule has 0 N–H and O–H groups in total. The summed E-state index contributed by atoms with van der Waals surface area (Å²) in [5.74, 6) is -0.202. The van der Waals surface area contributed by atoms with Crippen molar-refractivity contribution in [1.82, 2.24) is 5.01 Å². The molecule has 0 radical (unpaired) electrons. The van der Waals surface area contributed by atoms with E-state index in [0.717, 1.165) is 16.8 Å². The Hall–Kier alpha value is -3.41. The lowest BCUT2D eigenvalue weighted by Gasteiger charge is -2.20. The smallest absolute Gasteiger partial charge is 0.281 e. The Balaban J connectivity index is 1.56. The number of halogens is 1. The fourth-order valence-corrected chi connectivity index (χ4v) is 3.13. The molecule has 1 aromatic heterocycles. The fourth-order valence-electron chi connectivity index (χ4n) is 3.13. The molecular weight excluding hydrogens is 359 g/mol. The number of carbonyl (C=O) groups is 1. The molecule has 5 nitrogen and oxygen atoms in total. The minimum atomic E-state index is -0.511. The Morgan fingerprint density at radius 1 is 1.18 bits per heavy atom. The standard InChI is InChI=1S/C22H19FN2O3/c1-15-8-10-16(11-9-15)18-13-19(21-7-4-12-27-21)25(24-18)22(26)14-28-20-6-3-2-5-17(20)23/h2-12,19H,13-14H2,1H3. The first-order valence-corrected chi connectivity index (χ1v) is 8.99. The highest BCUT2D eigenvalue weighted by atomic mass is 19.1. The van der Waals surface area contributed by atoms with Gasteiger partial charge in [-0.3, -0.25) is 4.79 Å². The molecule has 0 saturated carbocycles. The van der Waals surface area contributed by atoms with Crippen LogP contribution in [0, 0.1) is 12.7 Å². The highest BCUT2D eigenvalue weighted by molar-refractivity contribution is 6.03. The highest BCUT2D eigenvalue weighted by Gasteiger charge is 2.35. The zero-order valence-corrected chi connectivity index (χ0v) is 15.3. The number of rotatable bonds is 5. The van der Waals surface area contributed by atoms with Gasteiger partial charge < -0.3 is 9.15 Å². The topological polar surface area (TPSA) is 55.0 Å². The molecule has 1 aliphatic rings. The molecule has 0 saturated heterocycles. The summed E-state index contributed by atoms with van der Waals surface area (Å²) in [6.45, 7) is 1.70. The second-order valence-corrected chi connectivity index (χ2v) is 6.61. The van der Waals surface area contributed by atoms with Gasteiger partial charge in [0.2, 0.25) is 0 Å². The number of para-hydroxylation sites is 1. The number of amides is 1. The third-order valence-corrected chi connectivity index (χ3v) is 4.61. The molecule has 1 unspecified atom stereocenters. The second kappa shape index (κ2) is 7.68. The highest BCUT2D eigenvalue weighted by Crippen LogP contribution is 2.33. The number of aryl methyl sites for hydroxylation is 1. The van der Waals surface area contributed by atoms with Crippen LogP contribution in [0.5, 0.6) is 5.75 Å². The third-order valence-electron chi connectivity index (χ3n) is 4.61. The molecule has 3 aromatic rings. The van der Waals surface area contributed by atoms with E-state index in [2.05, 4.69) is 5.10 Å². The minimum absolute atomic E-state index is 0.0346. The molecule has 6 heteroatoms. The summed E-state index contributed by atoms with van der Waals surface area (Å²) in [6.07, 6.45) is 2.10. The Kier molecular flexibility index (Phi) is 4.93. The zero-order valence-electron chi connectivity index (χ0n) is 15.3. The van der Waals surface area contributed by atoms with E-state index in [1.165, 1.54) is 17.1 Å². The largest absolute Gasteiger partial charge is 0.481 e. The molecule has 0 bridgehead atoms. The SMILES string of the molecule is Cc1ccc(C2=NN(C(=O)COc3ccccc3F)C(c3ccco3)C2)cc1. The van der Waals surface area contributed by atoms with Crippen LogP contribution in [0.3, 0.4) is 0 Å². The average molecular weight is 378 g/mol. The van der Waals surface area contributed by atoms with Crippen LogP contribution >= 0.6 is 0 Å². The molecule has 0 spiro atoms. The van der Waals surface area contributed by atoms with Crippen molar-refractivity contribution in [2.45, 2.75) is 19.4 Å². The van der Waals surface area contributed by atoms with Crippen molar-refractivity contribution in [3.8, 4) is 5.75 Å². The minimum Gasteiger partial charge on any atom is -0.481 e. The molecule has 28 heavy (non-hydrogen) atoms. The van der Waals surface area contributed by atoms with Gasteiger partial charge in [0.05, 0.1) is 12.0 Å². The number of nitrogens with zero attached hydrogens (tertiary/aromatic N) is 2. The molecule has 0 fully saturated rings. The maximum Gasteiger partial charge on any atom is 0.281 e. The van der Waals surface area contributed by atoms with Gasteiger partial charge in [-0.1, -0.05) is 42.0 Å². The molecule has 1 aliphatic heterocycles. The van der Waals surface area contributed by atoms with Gasteiger partial charge >= 0.3 is 0 Å². The number of ether oxygens (including phenoxy) is 1.